The Morgan fingerprint density at radius 1 is 1.41 bits per heavy atom. The van der Waals surface area contributed by atoms with Crippen molar-refractivity contribution in [2.45, 2.75) is 19.9 Å². The van der Waals surface area contributed by atoms with Gasteiger partial charge < -0.3 is 10.2 Å². The van der Waals surface area contributed by atoms with Crippen molar-refractivity contribution in [1.82, 2.24) is 15.2 Å². The van der Waals surface area contributed by atoms with Crippen molar-refractivity contribution in [2.24, 2.45) is 0 Å². The van der Waals surface area contributed by atoms with Crippen LogP contribution in [0.15, 0.2) is 29.6 Å². The molecule has 2 aromatic rings. The Morgan fingerprint density at radius 2 is 2.18 bits per heavy atom. The fourth-order valence-corrected chi connectivity index (χ4v) is 3.48. The maximum Gasteiger partial charge on any atom is 0.273 e. The molecule has 0 unspecified atom stereocenters. The summed E-state index contributed by atoms with van der Waals surface area (Å²) in [6.45, 7) is 6.58. The maximum absolute atomic E-state index is 12.6. The molecule has 1 aromatic carbocycles. The number of hydrogen-bond donors (Lipinski definition) is 1. The lowest BCUT2D eigenvalue weighted by atomic mass is 10.1. The number of aromatic nitrogens is 1. The van der Waals surface area contributed by atoms with Crippen LogP contribution in [0.5, 0.6) is 0 Å². The molecule has 0 aliphatic carbocycles. The Balaban J connectivity index is 0.00000176. The molecule has 3 rings (SSSR count). The number of rotatable bonds is 2. The number of nitrogens with one attached hydrogen (secondary N) is 1. The fraction of sp³-hybridized carbons (Fsp3) is 0.375. The van der Waals surface area contributed by atoms with Gasteiger partial charge in [0.2, 0.25) is 0 Å². The zero-order valence-electron chi connectivity index (χ0n) is 12.7. The standard InChI is InChI=1S/C16H19N3OS.ClH/c1-11-5-3-4-6-13(11)15-18-14(10-21-15)16(20)19-8-7-17-9-12(19)2;/h3-6,10,12,17H,7-9H2,1-2H3;1H/t12-;/m0./s1. The molecule has 0 bridgehead atoms. The summed E-state index contributed by atoms with van der Waals surface area (Å²) in [5.74, 6) is 0.0417. The van der Waals surface area contributed by atoms with E-state index in [1.54, 1.807) is 0 Å². The molecular weight excluding hydrogens is 318 g/mol. The van der Waals surface area contributed by atoms with Crippen LogP contribution in [-0.4, -0.2) is 41.5 Å². The van der Waals surface area contributed by atoms with E-state index in [1.165, 1.54) is 16.9 Å². The Labute approximate surface area is 141 Å². The Kier molecular flexibility index (Phi) is 5.56. The van der Waals surface area contributed by atoms with Gasteiger partial charge in [-0.3, -0.25) is 4.79 Å². The number of amides is 1. The number of carbonyl (C=O) groups excluding carboxylic acids is 1. The van der Waals surface area contributed by atoms with Crippen LogP contribution >= 0.6 is 23.7 Å². The molecule has 1 aliphatic rings. The van der Waals surface area contributed by atoms with Crippen molar-refractivity contribution < 1.29 is 4.79 Å². The summed E-state index contributed by atoms with van der Waals surface area (Å²) >= 11 is 1.54. The first-order valence-electron chi connectivity index (χ1n) is 7.20. The summed E-state index contributed by atoms with van der Waals surface area (Å²) in [5.41, 5.74) is 2.85. The third-order valence-electron chi connectivity index (χ3n) is 3.86. The van der Waals surface area contributed by atoms with Gasteiger partial charge in [-0.25, -0.2) is 4.98 Å². The van der Waals surface area contributed by atoms with E-state index in [9.17, 15) is 4.79 Å². The largest absolute Gasteiger partial charge is 0.332 e. The van der Waals surface area contributed by atoms with E-state index >= 15 is 0 Å². The second kappa shape index (κ2) is 7.22. The van der Waals surface area contributed by atoms with Crippen LogP contribution in [0.3, 0.4) is 0 Å². The van der Waals surface area contributed by atoms with Gasteiger partial charge in [-0.1, -0.05) is 24.3 Å². The average Bonchev–Trinajstić information content (AvgIpc) is 2.97. The first-order chi connectivity index (χ1) is 10.2. The first kappa shape index (κ1) is 16.9. The third-order valence-corrected chi connectivity index (χ3v) is 4.74. The SMILES string of the molecule is Cc1ccccc1-c1nc(C(=O)N2CCNC[C@@H]2C)cs1.Cl. The normalized spacial score (nSPS) is 17.9. The van der Waals surface area contributed by atoms with E-state index in [0.717, 1.165) is 30.2 Å². The minimum Gasteiger partial charge on any atom is -0.332 e. The highest BCUT2D eigenvalue weighted by molar-refractivity contribution is 7.13. The van der Waals surface area contributed by atoms with Crippen LogP contribution in [0.4, 0.5) is 0 Å². The molecule has 118 valence electrons. The number of hydrogen-bond acceptors (Lipinski definition) is 4. The quantitative estimate of drug-likeness (QED) is 0.916. The summed E-state index contributed by atoms with van der Waals surface area (Å²) in [5, 5.41) is 6.09. The third kappa shape index (κ3) is 3.32. The molecule has 1 amide bonds. The predicted molar refractivity (Wildman–Crippen MR) is 92.9 cm³/mol. The van der Waals surface area contributed by atoms with E-state index < -0.39 is 0 Å². The van der Waals surface area contributed by atoms with Crippen LogP contribution in [0.1, 0.15) is 23.0 Å². The summed E-state index contributed by atoms with van der Waals surface area (Å²) in [4.78, 5) is 19.0. The maximum atomic E-state index is 12.6. The highest BCUT2D eigenvalue weighted by Gasteiger charge is 2.25. The number of aryl methyl sites for hydroxylation is 1. The summed E-state index contributed by atoms with van der Waals surface area (Å²) in [6.07, 6.45) is 0. The van der Waals surface area contributed by atoms with Crippen LogP contribution in [0, 0.1) is 6.92 Å². The Morgan fingerprint density at radius 3 is 2.91 bits per heavy atom. The molecule has 0 radical (unpaired) electrons. The van der Waals surface area contributed by atoms with Crippen LogP contribution in [-0.2, 0) is 0 Å². The van der Waals surface area contributed by atoms with Crippen LogP contribution in [0.25, 0.3) is 10.6 Å². The van der Waals surface area contributed by atoms with Gasteiger partial charge in [-0.2, -0.15) is 0 Å². The highest BCUT2D eigenvalue weighted by atomic mass is 35.5. The predicted octanol–water partition coefficient (Wildman–Crippen LogP) is 2.97. The molecule has 1 N–H and O–H groups in total. The molecule has 1 aliphatic heterocycles. The molecule has 6 heteroatoms. The van der Waals surface area contributed by atoms with Crippen LogP contribution in [0.2, 0.25) is 0 Å². The van der Waals surface area contributed by atoms with Gasteiger partial charge in [0.15, 0.2) is 0 Å². The molecule has 1 fully saturated rings. The Hall–Kier alpha value is -1.43. The van der Waals surface area contributed by atoms with Crippen molar-refractivity contribution in [3.63, 3.8) is 0 Å². The molecule has 1 atom stereocenters. The van der Waals surface area contributed by atoms with Gasteiger partial charge in [-0.15, -0.1) is 23.7 Å². The van der Waals surface area contributed by atoms with Gasteiger partial charge >= 0.3 is 0 Å². The number of piperazine rings is 1. The number of benzene rings is 1. The van der Waals surface area contributed by atoms with Gasteiger partial charge in [0.1, 0.15) is 10.7 Å². The average molecular weight is 338 g/mol. The van der Waals surface area contributed by atoms with Crippen molar-refractivity contribution in [1.29, 1.82) is 0 Å². The van der Waals surface area contributed by atoms with E-state index in [-0.39, 0.29) is 24.4 Å². The molecule has 22 heavy (non-hydrogen) atoms. The van der Waals surface area contributed by atoms with E-state index in [2.05, 4.69) is 36.3 Å². The molecule has 4 nitrogen and oxygen atoms in total. The lowest BCUT2D eigenvalue weighted by Gasteiger charge is -2.33. The fourth-order valence-electron chi connectivity index (χ4n) is 2.60. The number of thiazole rings is 1. The minimum absolute atomic E-state index is 0. The molecule has 1 saturated heterocycles. The second-order valence-electron chi connectivity index (χ2n) is 5.40. The highest BCUT2D eigenvalue weighted by Crippen LogP contribution is 2.27. The lowest BCUT2D eigenvalue weighted by Crippen LogP contribution is -2.52. The van der Waals surface area contributed by atoms with Gasteiger partial charge in [0.25, 0.3) is 5.91 Å². The zero-order valence-corrected chi connectivity index (χ0v) is 14.3. The molecule has 1 aromatic heterocycles. The van der Waals surface area contributed by atoms with Gasteiger partial charge in [-0.05, 0) is 19.4 Å². The molecule has 0 saturated carbocycles. The van der Waals surface area contributed by atoms with Crippen molar-refractivity contribution in [3.05, 3.63) is 40.9 Å². The van der Waals surface area contributed by atoms with E-state index in [1.807, 2.05) is 22.4 Å². The van der Waals surface area contributed by atoms with Crippen molar-refractivity contribution >= 4 is 29.7 Å². The monoisotopic (exact) mass is 337 g/mol. The number of halogens is 1. The van der Waals surface area contributed by atoms with Gasteiger partial charge in [0.05, 0.1) is 0 Å². The minimum atomic E-state index is 0. The molecular formula is C16H20ClN3OS. The first-order valence-corrected chi connectivity index (χ1v) is 8.08. The van der Waals surface area contributed by atoms with Crippen molar-refractivity contribution in [3.8, 4) is 10.6 Å². The molecule has 0 spiro atoms. The summed E-state index contributed by atoms with van der Waals surface area (Å²) in [7, 11) is 0. The lowest BCUT2D eigenvalue weighted by molar-refractivity contribution is 0.0650. The summed E-state index contributed by atoms with van der Waals surface area (Å²) in [6, 6.07) is 8.35. The Bertz CT molecular complexity index is 658. The topological polar surface area (TPSA) is 45.2 Å². The van der Waals surface area contributed by atoms with Crippen molar-refractivity contribution in [2.75, 3.05) is 19.6 Å². The number of carbonyl (C=O) groups is 1. The smallest absolute Gasteiger partial charge is 0.273 e. The van der Waals surface area contributed by atoms with Crippen LogP contribution < -0.4 is 5.32 Å². The van der Waals surface area contributed by atoms with E-state index in [0.29, 0.717) is 5.69 Å². The van der Waals surface area contributed by atoms with Gasteiger partial charge in [0, 0.05) is 36.6 Å². The number of nitrogens with zero attached hydrogens (tertiary/aromatic N) is 2. The zero-order chi connectivity index (χ0) is 14.8. The second-order valence-corrected chi connectivity index (χ2v) is 6.26. The van der Waals surface area contributed by atoms with E-state index in [4.69, 9.17) is 0 Å². The summed E-state index contributed by atoms with van der Waals surface area (Å²) < 4.78 is 0. The molecule has 2 heterocycles.